The molecule has 1 aromatic heterocycles. The first-order valence-electron chi connectivity index (χ1n) is 11.6. The number of aromatic amines is 1. The van der Waals surface area contributed by atoms with Crippen molar-refractivity contribution in [3.8, 4) is 34.3 Å². The first kappa shape index (κ1) is 27.8. The van der Waals surface area contributed by atoms with Gasteiger partial charge in [-0.2, -0.15) is 5.10 Å². The minimum Gasteiger partial charge on any atom is -0.493 e. The fourth-order valence-corrected chi connectivity index (χ4v) is 4.33. The lowest BCUT2D eigenvalue weighted by molar-refractivity contribution is 0.0984. The van der Waals surface area contributed by atoms with Crippen molar-refractivity contribution in [1.82, 2.24) is 10.2 Å². The average molecular weight is 570 g/mol. The Morgan fingerprint density at radius 1 is 0.795 bits per heavy atom. The zero-order valence-electron chi connectivity index (χ0n) is 21.6. The Morgan fingerprint density at radius 2 is 1.38 bits per heavy atom. The fraction of sp³-hybridized carbons (Fsp3) is 0.179. The highest BCUT2D eigenvalue weighted by Crippen LogP contribution is 2.33. The molecule has 9 nitrogen and oxygen atoms in total. The number of nitrogens with zero attached hydrogens (tertiary/aromatic N) is 2. The zero-order valence-corrected chi connectivity index (χ0v) is 23.1. The number of amides is 1. The number of carbonyl (C=O) groups is 1. The van der Waals surface area contributed by atoms with Gasteiger partial charge in [-0.1, -0.05) is 41.4 Å². The van der Waals surface area contributed by atoms with E-state index in [1.165, 1.54) is 14.2 Å². The molecule has 0 unspecified atom stereocenters. The number of ether oxygens (including phenoxy) is 4. The maximum Gasteiger partial charge on any atom is 0.284 e. The molecule has 4 aromatic rings. The van der Waals surface area contributed by atoms with Gasteiger partial charge in [0.1, 0.15) is 10.7 Å². The maximum absolute atomic E-state index is 13.9. The van der Waals surface area contributed by atoms with Gasteiger partial charge in [0.25, 0.3) is 11.5 Å². The Kier molecular flexibility index (Phi) is 8.63. The number of methoxy groups -OCH3 is 4. The molecule has 11 heteroatoms. The van der Waals surface area contributed by atoms with Crippen molar-refractivity contribution in [2.24, 2.45) is 0 Å². The second-order valence-electron chi connectivity index (χ2n) is 8.23. The van der Waals surface area contributed by atoms with Gasteiger partial charge in [0.2, 0.25) is 0 Å². The van der Waals surface area contributed by atoms with E-state index in [-0.39, 0.29) is 22.5 Å². The molecule has 1 N–H and O–H groups in total. The van der Waals surface area contributed by atoms with Crippen molar-refractivity contribution in [3.63, 3.8) is 0 Å². The van der Waals surface area contributed by atoms with Crippen LogP contribution in [0.4, 0.5) is 5.69 Å². The topological polar surface area (TPSA) is 103 Å². The normalized spacial score (nSPS) is 10.6. The quantitative estimate of drug-likeness (QED) is 0.279. The molecule has 4 rings (SSSR count). The molecule has 0 fully saturated rings. The van der Waals surface area contributed by atoms with E-state index in [1.54, 1.807) is 67.7 Å². The van der Waals surface area contributed by atoms with E-state index in [2.05, 4.69) is 10.2 Å². The Balaban J connectivity index is 1.76. The largest absolute Gasteiger partial charge is 0.493 e. The maximum atomic E-state index is 13.9. The van der Waals surface area contributed by atoms with Gasteiger partial charge < -0.3 is 23.8 Å². The third-order valence-electron chi connectivity index (χ3n) is 5.99. The van der Waals surface area contributed by atoms with Gasteiger partial charge in [-0.05, 0) is 48.0 Å². The van der Waals surface area contributed by atoms with Crippen molar-refractivity contribution in [1.29, 1.82) is 0 Å². The summed E-state index contributed by atoms with van der Waals surface area (Å²) in [6, 6.07) is 17.4. The van der Waals surface area contributed by atoms with Gasteiger partial charge in [0.15, 0.2) is 23.0 Å². The number of H-pyrrole nitrogens is 1. The summed E-state index contributed by atoms with van der Waals surface area (Å²) in [7, 11) is 6.15. The van der Waals surface area contributed by atoms with Gasteiger partial charge in [-0.3, -0.25) is 9.59 Å². The number of nitrogens with one attached hydrogen (secondary N) is 1. The first-order chi connectivity index (χ1) is 18.8. The lowest BCUT2D eigenvalue weighted by Gasteiger charge is -2.24. The predicted octanol–water partition coefficient (Wildman–Crippen LogP) is 5.63. The van der Waals surface area contributed by atoms with Crippen LogP contribution in [-0.2, 0) is 6.54 Å². The standard InChI is InChI=1S/C28H25Cl2N3O6/c1-36-20-11-5-16(13-22(20)38-3)15-33(28(35)18-8-12-21(37-2)23(14-18)39-4)19-9-6-17(7-10-19)26-24(29)25(30)27(34)32-31-26/h5-14H,15H2,1-4H3,(H,32,34). The van der Waals surface area contributed by atoms with Crippen LogP contribution in [0.15, 0.2) is 65.5 Å². The third kappa shape index (κ3) is 5.79. The molecule has 0 radical (unpaired) electrons. The SMILES string of the molecule is COc1ccc(CN(C(=O)c2ccc(OC)c(OC)c2)c2ccc(-c3n[nH]c(=O)c(Cl)c3Cl)cc2)cc1OC. The number of carbonyl (C=O) groups excluding carboxylic acids is 1. The van der Waals surface area contributed by atoms with E-state index >= 15 is 0 Å². The van der Waals surface area contributed by atoms with Crippen molar-refractivity contribution in [2.45, 2.75) is 6.54 Å². The van der Waals surface area contributed by atoms with Crippen LogP contribution in [-0.4, -0.2) is 44.5 Å². The minimum absolute atomic E-state index is 0.0387. The van der Waals surface area contributed by atoms with Gasteiger partial charge in [-0.15, -0.1) is 0 Å². The molecule has 0 saturated carbocycles. The van der Waals surface area contributed by atoms with E-state index in [0.717, 1.165) is 5.56 Å². The summed E-state index contributed by atoms with van der Waals surface area (Å²) in [5.74, 6) is 1.78. The van der Waals surface area contributed by atoms with Crippen LogP contribution in [0, 0.1) is 0 Å². The number of anilines is 1. The molecule has 0 aliphatic rings. The van der Waals surface area contributed by atoms with Gasteiger partial charge in [-0.25, -0.2) is 5.10 Å². The minimum atomic E-state index is -0.580. The molecular weight excluding hydrogens is 545 g/mol. The van der Waals surface area contributed by atoms with Crippen LogP contribution in [0.25, 0.3) is 11.3 Å². The number of benzene rings is 3. The average Bonchev–Trinajstić information content (AvgIpc) is 2.98. The summed E-state index contributed by atoms with van der Waals surface area (Å²) >= 11 is 12.3. The zero-order chi connectivity index (χ0) is 28.1. The van der Waals surface area contributed by atoms with Crippen LogP contribution >= 0.6 is 23.2 Å². The van der Waals surface area contributed by atoms with Crippen molar-refractivity contribution < 1.29 is 23.7 Å². The lowest BCUT2D eigenvalue weighted by Crippen LogP contribution is -2.30. The number of halogens is 2. The molecule has 39 heavy (non-hydrogen) atoms. The third-order valence-corrected chi connectivity index (χ3v) is 6.81. The van der Waals surface area contributed by atoms with Crippen LogP contribution < -0.4 is 29.4 Å². The highest BCUT2D eigenvalue weighted by molar-refractivity contribution is 6.43. The van der Waals surface area contributed by atoms with Crippen molar-refractivity contribution >= 4 is 34.8 Å². The molecular formula is C28H25Cl2N3O6. The molecule has 3 aromatic carbocycles. The summed E-state index contributed by atoms with van der Waals surface area (Å²) in [5, 5.41) is 6.24. The Morgan fingerprint density at radius 3 is 2.00 bits per heavy atom. The van der Waals surface area contributed by atoms with E-state index in [4.69, 9.17) is 42.1 Å². The summed E-state index contributed by atoms with van der Waals surface area (Å²) in [6.45, 7) is 0.219. The monoisotopic (exact) mass is 569 g/mol. The van der Waals surface area contributed by atoms with Crippen molar-refractivity contribution in [2.75, 3.05) is 33.3 Å². The molecule has 0 spiro atoms. The summed E-state index contributed by atoms with van der Waals surface area (Å²) in [6.07, 6.45) is 0. The Hall–Kier alpha value is -4.21. The Bertz CT molecular complexity index is 1560. The van der Waals surface area contributed by atoms with Crippen LogP contribution in [0.2, 0.25) is 10.0 Å². The highest BCUT2D eigenvalue weighted by Gasteiger charge is 2.22. The van der Waals surface area contributed by atoms with Crippen LogP contribution in [0.3, 0.4) is 0 Å². The molecule has 0 aliphatic heterocycles. The molecule has 0 aliphatic carbocycles. The summed E-state index contributed by atoms with van der Waals surface area (Å²) in [5.41, 5.74) is 2.14. The molecule has 0 atom stereocenters. The fourth-order valence-electron chi connectivity index (χ4n) is 3.97. The highest BCUT2D eigenvalue weighted by atomic mass is 35.5. The number of rotatable bonds is 9. The van der Waals surface area contributed by atoms with Crippen LogP contribution in [0.1, 0.15) is 15.9 Å². The molecule has 1 amide bonds. The first-order valence-corrected chi connectivity index (χ1v) is 12.4. The van der Waals surface area contributed by atoms with Gasteiger partial charge in [0, 0.05) is 16.8 Å². The van der Waals surface area contributed by atoms with Gasteiger partial charge >= 0.3 is 0 Å². The number of hydrogen-bond donors (Lipinski definition) is 1. The Labute approximate surface area is 234 Å². The van der Waals surface area contributed by atoms with E-state index in [0.29, 0.717) is 45.5 Å². The van der Waals surface area contributed by atoms with Crippen LogP contribution in [0.5, 0.6) is 23.0 Å². The second kappa shape index (κ2) is 12.1. The van der Waals surface area contributed by atoms with Gasteiger partial charge in [0.05, 0.1) is 40.0 Å². The van der Waals surface area contributed by atoms with E-state index in [1.807, 2.05) is 12.1 Å². The molecule has 1 heterocycles. The lowest BCUT2D eigenvalue weighted by atomic mass is 10.1. The summed E-state index contributed by atoms with van der Waals surface area (Å²) < 4.78 is 21.5. The van der Waals surface area contributed by atoms with Crippen molar-refractivity contribution in [3.05, 3.63) is 92.2 Å². The summed E-state index contributed by atoms with van der Waals surface area (Å²) in [4.78, 5) is 27.2. The van der Waals surface area contributed by atoms with E-state index < -0.39 is 5.56 Å². The smallest absolute Gasteiger partial charge is 0.284 e. The predicted molar refractivity (Wildman–Crippen MR) is 150 cm³/mol. The molecule has 0 saturated heterocycles. The molecule has 0 bridgehead atoms. The van der Waals surface area contributed by atoms with E-state index in [9.17, 15) is 9.59 Å². The molecule has 202 valence electrons. The number of hydrogen-bond acceptors (Lipinski definition) is 7. The second-order valence-corrected chi connectivity index (χ2v) is 8.98. The number of aromatic nitrogens is 2.